The van der Waals surface area contributed by atoms with Gasteiger partial charge < -0.3 is 5.11 Å². The van der Waals surface area contributed by atoms with Crippen LogP contribution in [0, 0.1) is 6.92 Å². The second-order valence-electron chi connectivity index (χ2n) is 2.96. The Hall–Kier alpha value is -0.580. The second-order valence-corrected chi connectivity index (χ2v) is 3.73. The van der Waals surface area contributed by atoms with Crippen LogP contribution in [0.1, 0.15) is 16.7 Å². The van der Waals surface area contributed by atoms with Crippen molar-refractivity contribution in [3.8, 4) is 0 Å². The van der Waals surface area contributed by atoms with Crippen LogP contribution in [-0.4, -0.2) is 11.1 Å². The Morgan fingerprint density at radius 1 is 1.54 bits per heavy atom. The van der Waals surface area contributed by atoms with Crippen LogP contribution in [0.5, 0.6) is 0 Å². The SMILES string of the molecule is Cc1cc(CC(=O)O)ccc1CI. The number of carboxylic acids is 1. The van der Waals surface area contributed by atoms with Gasteiger partial charge in [-0.25, -0.2) is 0 Å². The molecule has 0 unspecified atom stereocenters. The van der Waals surface area contributed by atoms with Gasteiger partial charge in [0.1, 0.15) is 0 Å². The first kappa shape index (κ1) is 10.5. The smallest absolute Gasteiger partial charge is 0.307 e. The van der Waals surface area contributed by atoms with Gasteiger partial charge in [-0.2, -0.15) is 0 Å². The molecular formula is C10H11IO2. The monoisotopic (exact) mass is 290 g/mol. The first-order chi connectivity index (χ1) is 6.13. The van der Waals surface area contributed by atoms with E-state index in [2.05, 4.69) is 22.6 Å². The van der Waals surface area contributed by atoms with Crippen molar-refractivity contribution in [2.45, 2.75) is 17.8 Å². The van der Waals surface area contributed by atoms with Gasteiger partial charge in [-0.1, -0.05) is 40.8 Å². The molecule has 1 aromatic carbocycles. The maximum absolute atomic E-state index is 10.4. The summed E-state index contributed by atoms with van der Waals surface area (Å²) in [6, 6.07) is 5.83. The summed E-state index contributed by atoms with van der Waals surface area (Å²) in [5.41, 5.74) is 3.32. The van der Waals surface area contributed by atoms with E-state index in [-0.39, 0.29) is 6.42 Å². The van der Waals surface area contributed by atoms with Crippen LogP contribution >= 0.6 is 22.6 Å². The number of halogens is 1. The molecule has 0 radical (unpaired) electrons. The second kappa shape index (κ2) is 4.60. The summed E-state index contributed by atoms with van der Waals surface area (Å²) in [7, 11) is 0. The molecule has 0 aliphatic rings. The number of hydrogen-bond acceptors (Lipinski definition) is 1. The quantitative estimate of drug-likeness (QED) is 0.686. The van der Waals surface area contributed by atoms with E-state index in [0.717, 1.165) is 9.99 Å². The number of alkyl halides is 1. The van der Waals surface area contributed by atoms with E-state index in [1.165, 1.54) is 11.1 Å². The number of carboxylic acid groups (broad SMARTS) is 1. The highest BCUT2D eigenvalue weighted by molar-refractivity contribution is 14.1. The molecule has 1 N–H and O–H groups in total. The van der Waals surface area contributed by atoms with Crippen LogP contribution in [0.25, 0.3) is 0 Å². The number of carbonyl (C=O) groups is 1. The molecule has 13 heavy (non-hydrogen) atoms. The molecule has 0 heterocycles. The molecule has 0 amide bonds. The third-order valence-electron chi connectivity index (χ3n) is 1.91. The Bertz CT molecular complexity index is 321. The largest absolute Gasteiger partial charge is 0.481 e. The van der Waals surface area contributed by atoms with Crippen molar-refractivity contribution in [3.05, 3.63) is 34.9 Å². The first-order valence-electron chi connectivity index (χ1n) is 3.99. The highest BCUT2D eigenvalue weighted by atomic mass is 127. The summed E-state index contributed by atoms with van der Waals surface area (Å²) >= 11 is 2.30. The summed E-state index contributed by atoms with van der Waals surface area (Å²) in [5, 5.41) is 8.58. The predicted octanol–water partition coefficient (Wildman–Crippen LogP) is 2.56. The van der Waals surface area contributed by atoms with E-state index in [4.69, 9.17) is 5.11 Å². The van der Waals surface area contributed by atoms with E-state index in [1.807, 2.05) is 25.1 Å². The van der Waals surface area contributed by atoms with E-state index >= 15 is 0 Å². The minimum atomic E-state index is -0.776. The molecule has 2 nitrogen and oxygen atoms in total. The zero-order valence-electron chi connectivity index (χ0n) is 7.38. The third kappa shape index (κ3) is 2.99. The predicted molar refractivity (Wildman–Crippen MR) is 60.2 cm³/mol. The van der Waals surface area contributed by atoms with Gasteiger partial charge in [0, 0.05) is 4.43 Å². The molecule has 1 aromatic rings. The Morgan fingerprint density at radius 2 is 2.23 bits per heavy atom. The van der Waals surface area contributed by atoms with E-state index in [9.17, 15) is 4.79 Å². The Morgan fingerprint density at radius 3 is 2.69 bits per heavy atom. The number of benzene rings is 1. The van der Waals surface area contributed by atoms with Gasteiger partial charge in [0.05, 0.1) is 6.42 Å². The van der Waals surface area contributed by atoms with Crippen molar-refractivity contribution in [2.24, 2.45) is 0 Å². The molecule has 0 bridgehead atoms. The van der Waals surface area contributed by atoms with Crippen LogP contribution < -0.4 is 0 Å². The maximum Gasteiger partial charge on any atom is 0.307 e. The molecule has 0 saturated heterocycles. The molecule has 0 aromatic heterocycles. The number of aryl methyl sites for hydroxylation is 1. The average molecular weight is 290 g/mol. The van der Waals surface area contributed by atoms with Crippen LogP contribution in [0.4, 0.5) is 0 Å². The van der Waals surface area contributed by atoms with E-state index in [1.54, 1.807) is 0 Å². The minimum absolute atomic E-state index is 0.113. The summed E-state index contributed by atoms with van der Waals surface area (Å²) in [6.07, 6.45) is 0.113. The fourth-order valence-corrected chi connectivity index (χ4v) is 2.05. The lowest BCUT2D eigenvalue weighted by Crippen LogP contribution is -2.00. The lowest BCUT2D eigenvalue weighted by atomic mass is 10.0. The fourth-order valence-electron chi connectivity index (χ4n) is 1.19. The number of aliphatic carboxylic acids is 1. The molecular weight excluding hydrogens is 279 g/mol. The first-order valence-corrected chi connectivity index (χ1v) is 5.52. The average Bonchev–Trinajstić information content (AvgIpc) is 2.03. The summed E-state index contributed by atoms with van der Waals surface area (Å²) in [5.74, 6) is -0.776. The summed E-state index contributed by atoms with van der Waals surface area (Å²) in [6.45, 7) is 2.01. The van der Waals surface area contributed by atoms with E-state index < -0.39 is 5.97 Å². The molecule has 1 rings (SSSR count). The molecule has 0 atom stereocenters. The zero-order chi connectivity index (χ0) is 9.84. The fraction of sp³-hybridized carbons (Fsp3) is 0.300. The lowest BCUT2D eigenvalue weighted by Gasteiger charge is -2.03. The highest BCUT2D eigenvalue weighted by Crippen LogP contribution is 2.14. The molecule has 0 saturated carbocycles. The molecule has 3 heteroatoms. The summed E-state index contributed by atoms with van der Waals surface area (Å²) in [4.78, 5) is 10.4. The standard InChI is InChI=1S/C10H11IO2/c1-7-4-8(5-10(12)13)2-3-9(7)6-11/h2-4H,5-6H2,1H3,(H,12,13). The van der Waals surface area contributed by atoms with Gasteiger partial charge in [-0.05, 0) is 23.6 Å². The zero-order valence-corrected chi connectivity index (χ0v) is 9.54. The van der Waals surface area contributed by atoms with Gasteiger partial charge in [-0.3, -0.25) is 4.79 Å². The Balaban J connectivity index is 2.89. The molecule has 0 fully saturated rings. The van der Waals surface area contributed by atoms with Crippen molar-refractivity contribution in [1.82, 2.24) is 0 Å². The van der Waals surface area contributed by atoms with Crippen molar-refractivity contribution >= 4 is 28.6 Å². The molecule has 0 spiro atoms. The van der Waals surface area contributed by atoms with Crippen LogP contribution in [0.3, 0.4) is 0 Å². The highest BCUT2D eigenvalue weighted by Gasteiger charge is 2.02. The number of rotatable bonds is 3. The Kier molecular flexibility index (Phi) is 3.71. The van der Waals surface area contributed by atoms with Gasteiger partial charge in [0.2, 0.25) is 0 Å². The topological polar surface area (TPSA) is 37.3 Å². The normalized spacial score (nSPS) is 10.0. The molecule has 70 valence electrons. The van der Waals surface area contributed by atoms with E-state index in [0.29, 0.717) is 0 Å². The maximum atomic E-state index is 10.4. The van der Waals surface area contributed by atoms with Gasteiger partial charge in [0.25, 0.3) is 0 Å². The van der Waals surface area contributed by atoms with Crippen molar-refractivity contribution in [3.63, 3.8) is 0 Å². The van der Waals surface area contributed by atoms with Crippen molar-refractivity contribution in [2.75, 3.05) is 0 Å². The third-order valence-corrected chi connectivity index (χ3v) is 2.73. The van der Waals surface area contributed by atoms with Crippen LogP contribution in [0.15, 0.2) is 18.2 Å². The lowest BCUT2D eigenvalue weighted by molar-refractivity contribution is -0.136. The van der Waals surface area contributed by atoms with Crippen LogP contribution in [0.2, 0.25) is 0 Å². The van der Waals surface area contributed by atoms with Crippen molar-refractivity contribution < 1.29 is 9.90 Å². The summed E-state index contributed by atoms with van der Waals surface area (Å²) < 4.78 is 0.969. The molecule has 0 aliphatic carbocycles. The van der Waals surface area contributed by atoms with Crippen LogP contribution in [-0.2, 0) is 15.6 Å². The van der Waals surface area contributed by atoms with Gasteiger partial charge in [0.15, 0.2) is 0 Å². The minimum Gasteiger partial charge on any atom is -0.481 e. The van der Waals surface area contributed by atoms with Crippen molar-refractivity contribution in [1.29, 1.82) is 0 Å². The Labute approximate surface area is 91.1 Å². The van der Waals surface area contributed by atoms with Gasteiger partial charge in [-0.15, -0.1) is 0 Å². The number of hydrogen-bond donors (Lipinski definition) is 1. The molecule has 0 aliphatic heterocycles. The van der Waals surface area contributed by atoms with Gasteiger partial charge >= 0.3 is 5.97 Å².